The summed E-state index contributed by atoms with van der Waals surface area (Å²) in [6.45, 7) is 1.19. The second-order valence-corrected chi connectivity index (χ2v) is 9.09. The van der Waals surface area contributed by atoms with Crippen LogP contribution in [-0.4, -0.2) is 41.2 Å². The summed E-state index contributed by atoms with van der Waals surface area (Å²) in [5.74, 6) is -0.956. The van der Waals surface area contributed by atoms with Crippen molar-refractivity contribution >= 4 is 28.6 Å². The Hall–Kier alpha value is -3.94. The second-order valence-electron chi connectivity index (χ2n) is 9.09. The van der Waals surface area contributed by atoms with E-state index in [1.54, 1.807) is 42.3 Å². The van der Waals surface area contributed by atoms with Crippen molar-refractivity contribution < 1.29 is 18.7 Å². The molecule has 35 heavy (non-hydrogen) atoms. The number of rotatable bonds is 5. The van der Waals surface area contributed by atoms with Crippen LogP contribution in [0.25, 0.3) is 11.1 Å². The molecule has 1 unspecified atom stereocenters. The molecule has 180 valence electrons. The molecule has 3 aromatic rings. The third-order valence-corrected chi connectivity index (χ3v) is 6.80. The van der Waals surface area contributed by atoms with Crippen molar-refractivity contribution in [1.82, 2.24) is 9.88 Å². The Balaban J connectivity index is 1.32. The highest BCUT2D eigenvalue weighted by molar-refractivity contribution is 6.10. The van der Waals surface area contributed by atoms with E-state index in [9.17, 15) is 19.6 Å². The Bertz CT molecular complexity index is 1430. The number of aromatic nitrogens is 1. The van der Waals surface area contributed by atoms with Crippen molar-refractivity contribution in [2.45, 2.75) is 37.4 Å². The molecular formula is C25H25N5O5. The number of anilines is 1. The molecule has 0 radical (unpaired) electrons. The SMILES string of the molecule is Cn1c(=O)oc2ccc(N3Cc4cc(CC(C#N)NC(=O)C5(N)CCOCC5)ccc4C3=O)cc21. The van der Waals surface area contributed by atoms with Crippen LogP contribution in [0.1, 0.15) is 34.3 Å². The third kappa shape index (κ3) is 4.09. The lowest BCUT2D eigenvalue weighted by molar-refractivity contribution is -0.130. The lowest BCUT2D eigenvalue weighted by Crippen LogP contribution is -2.58. The van der Waals surface area contributed by atoms with Gasteiger partial charge in [-0.05, 0) is 48.2 Å². The number of nitrogens with two attached hydrogens (primary N) is 1. The van der Waals surface area contributed by atoms with E-state index in [-0.39, 0.29) is 11.8 Å². The zero-order chi connectivity index (χ0) is 24.7. The molecule has 2 aliphatic heterocycles. The fraction of sp³-hybridized carbons (Fsp3) is 0.360. The van der Waals surface area contributed by atoms with Crippen LogP contribution in [0.2, 0.25) is 0 Å². The predicted octanol–water partition coefficient (Wildman–Crippen LogP) is 1.35. The van der Waals surface area contributed by atoms with Gasteiger partial charge in [-0.25, -0.2) is 4.79 Å². The summed E-state index contributed by atoms with van der Waals surface area (Å²) in [6, 6.07) is 12.0. The minimum atomic E-state index is -1.03. The number of carbonyl (C=O) groups is 2. The number of nitrogens with zero attached hydrogens (tertiary/aromatic N) is 3. The number of hydrogen-bond donors (Lipinski definition) is 2. The van der Waals surface area contributed by atoms with Gasteiger partial charge in [-0.1, -0.05) is 12.1 Å². The van der Waals surface area contributed by atoms with Crippen LogP contribution in [0.4, 0.5) is 5.69 Å². The van der Waals surface area contributed by atoms with Gasteiger partial charge in [0, 0.05) is 37.9 Å². The quantitative estimate of drug-likeness (QED) is 0.567. The molecule has 1 saturated heterocycles. The molecule has 2 aromatic carbocycles. The predicted molar refractivity (Wildman–Crippen MR) is 127 cm³/mol. The molecule has 1 atom stereocenters. The largest absolute Gasteiger partial charge is 0.419 e. The summed E-state index contributed by atoms with van der Waals surface area (Å²) in [5.41, 5.74) is 9.16. The summed E-state index contributed by atoms with van der Waals surface area (Å²) in [7, 11) is 1.61. The summed E-state index contributed by atoms with van der Waals surface area (Å²) in [6.07, 6.45) is 1.11. The standard InChI is InChI=1S/C25H25N5O5/c1-29-20-12-18(3-5-21(20)35-24(29)33)30-14-16-10-15(2-4-19(16)22(30)31)11-17(13-26)28-23(32)25(27)6-8-34-9-7-25/h2-5,10,12,17H,6-9,11,14,27H2,1H3,(H,28,32). The lowest BCUT2D eigenvalue weighted by Gasteiger charge is -2.32. The van der Waals surface area contributed by atoms with Crippen molar-refractivity contribution in [2.24, 2.45) is 12.8 Å². The van der Waals surface area contributed by atoms with E-state index in [2.05, 4.69) is 11.4 Å². The number of nitrogens with one attached hydrogen (secondary N) is 1. The Morgan fingerprint density at radius 2 is 2.00 bits per heavy atom. The zero-order valence-corrected chi connectivity index (χ0v) is 19.2. The van der Waals surface area contributed by atoms with Crippen LogP contribution in [0.15, 0.2) is 45.6 Å². The maximum atomic E-state index is 13.1. The number of nitriles is 1. The molecule has 3 N–H and O–H groups in total. The first kappa shape index (κ1) is 22.8. The van der Waals surface area contributed by atoms with Crippen LogP contribution in [-0.2, 0) is 29.5 Å². The maximum absolute atomic E-state index is 13.1. The zero-order valence-electron chi connectivity index (χ0n) is 19.2. The summed E-state index contributed by atoms with van der Waals surface area (Å²) >= 11 is 0. The molecule has 5 rings (SSSR count). The number of hydrogen-bond acceptors (Lipinski definition) is 7. The van der Waals surface area contributed by atoms with Crippen molar-refractivity contribution in [3.63, 3.8) is 0 Å². The second kappa shape index (κ2) is 8.69. The fourth-order valence-corrected chi connectivity index (χ4v) is 4.62. The van der Waals surface area contributed by atoms with E-state index >= 15 is 0 Å². The van der Waals surface area contributed by atoms with Gasteiger partial charge in [-0.2, -0.15) is 5.26 Å². The van der Waals surface area contributed by atoms with Crippen LogP contribution in [0.5, 0.6) is 0 Å². The minimum Gasteiger partial charge on any atom is -0.408 e. The number of ether oxygens (including phenoxy) is 1. The number of oxazole rings is 1. The lowest BCUT2D eigenvalue weighted by atomic mass is 9.90. The van der Waals surface area contributed by atoms with E-state index in [0.717, 1.165) is 11.1 Å². The van der Waals surface area contributed by atoms with Gasteiger partial charge in [0.15, 0.2) is 5.58 Å². The van der Waals surface area contributed by atoms with Crippen LogP contribution < -0.4 is 21.7 Å². The summed E-state index contributed by atoms with van der Waals surface area (Å²) in [5, 5.41) is 12.4. The van der Waals surface area contributed by atoms with Gasteiger partial charge in [-0.3, -0.25) is 14.2 Å². The molecular weight excluding hydrogens is 450 g/mol. The average Bonchev–Trinajstić information content (AvgIpc) is 3.33. The van der Waals surface area contributed by atoms with Crippen molar-refractivity contribution in [1.29, 1.82) is 5.26 Å². The van der Waals surface area contributed by atoms with E-state index < -0.39 is 17.3 Å². The molecule has 10 nitrogen and oxygen atoms in total. The third-order valence-electron chi connectivity index (χ3n) is 6.80. The Morgan fingerprint density at radius 3 is 2.74 bits per heavy atom. The van der Waals surface area contributed by atoms with Gasteiger partial charge in [-0.15, -0.1) is 0 Å². The van der Waals surface area contributed by atoms with Gasteiger partial charge in [0.05, 0.1) is 23.7 Å². The number of fused-ring (bicyclic) bond motifs is 2. The molecule has 0 aliphatic carbocycles. The van der Waals surface area contributed by atoms with Gasteiger partial charge in [0.2, 0.25) is 5.91 Å². The topological polar surface area (TPSA) is 144 Å². The van der Waals surface area contributed by atoms with Crippen molar-refractivity contribution in [3.05, 3.63) is 63.6 Å². The molecule has 0 saturated carbocycles. The first-order valence-corrected chi connectivity index (χ1v) is 11.4. The molecule has 2 aliphatic rings. The van der Waals surface area contributed by atoms with Crippen LogP contribution >= 0.6 is 0 Å². The molecule has 10 heteroatoms. The number of aryl methyl sites for hydroxylation is 1. The average molecular weight is 476 g/mol. The highest BCUT2D eigenvalue weighted by atomic mass is 16.5. The van der Waals surface area contributed by atoms with E-state index in [4.69, 9.17) is 14.9 Å². The van der Waals surface area contributed by atoms with Crippen LogP contribution in [0.3, 0.4) is 0 Å². The summed E-state index contributed by atoms with van der Waals surface area (Å²) < 4.78 is 11.9. The normalized spacial score (nSPS) is 17.7. The Labute approximate surface area is 200 Å². The highest BCUT2D eigenvalue weighted by Gasteiger charge is 2.37. The first-order valence-electron chi connectivity index (χ1n) is 11.4. The number of amides is 2. The molecule has 1 fully saturated rings. The maximum Gasteiger partial charge on any atom is 0.419 e. The van der Waals surface area contributed by atoms with Gasteiger partial charge >= 0.3 is 5.76 Å². The highest BCUT2D eigenvalue weighted by Crippen LogP contribution is 2.31. The van der Waals surface area contributed by atoms with Gasteiger partial charge < -0.3 is 25.1 Å². The minimum absolute atomic E-state index is 0.144. The smallest absolute Gasteiger partial charge is 0.408 e. The van der Waals surface area contributed by atoms with Crippen molar-refractivity contribution in [3.8, 4) is 6.07 Å². The van der Waals surface area contributed by atoms with E-state index in [0.29, 0.717) is 61.4 Å². The number of benzene rings is 2. The van der Waals surface area contributed by atoms with Crippen LogP contribution in [0, 0.1) is 11.3 Å². The van der Waals surface area contributed by atoms with E-state index in [1.807, 2.05) is 6.07 Å². The first-order chi connectivity index (χ1) is 16.8. The molecule has 0 bridgehead atoms. The monoisotopic (exact) mass is 475 g/mol. The molecule has 1 aromatic heterocycles. The van der Waals surface area contributed by atoms with E-state index in [1.165, 1.54) is 4.57 Å². The van der Waals surface area contributed by atoms with Gasteiger partial charge in [0.1, 0.15) is 6.04 Å². The van der Waals surface area contributed by atoms with Crippen molar-refractivity contribution in [2.75, 3.05) is 18.1 Å². The molecule has 0 spiro atoms. The Kier molecular flexibility index (Phi) is 5.67. The molecule has 3 heterocycles. The fourth-order valence-electron chi connectivity index (χ4n) is 4.62. The molecule has 2 amide bonds. The van der Waals surface area contributed by atoms with Gasteiger partial charge in [0.25, 0.3) is 5.91 Å². The summed E-state index contributed by atoms with van der Waals surface area (Å²) in [4.78, 5) is 39.2. The number of carbonyl (C=O) groups excluding carboxylic acids is 2. The Morgan fingerprint density at radius 1 is 1.23 bits per heavy atom.